The first-order chi connectivity index (χ1) is 24.7. The normalized spacial score (nSPS) is 11.0. The molecule has 0 fully saturated rings. The van der Waals surface area contributed by atoms with Crippen LogP contribution in [0.15, 0.2) is 200 Å². The fourth-order valence-corrected chi connectivity index (χ4v) is 6.79. The third kappa shape index (κ3) is 6.52. The van der Waals surface area contributed by atoms with E-state index in [4.69, 9.17) is 0 Å². The minimum Gasteiger partial charge on any atom is -0.345 e. The average Bonchev–Trinajstić information content (AvgIpc) is 3.20. The molecule has 8 aromatic carbocycles. The molecule has 0 atom stereocenters. The quantitative estimate of drug-likeness (QED) is 0.155. The highest BCUT2D eigenvalue weighted by molar-refractivity contribution is 5.97. The zero-order valence-electron chi connectivity index (χ0n) is 28.2. The van der Waals surface area contributed by atoms with Gasteiger partial charge in [0, 0.05) is 36.3 Å². The standard InChI is InChI=1S/C48H38N2/c1-49(43-15-7-3-8-16-43)44-29-27-41(28-30-44)47-19-11-14-42-34-36(20-33-48(42)47)35-50(45-17-9-4-10-18-45)46-31-25-40(26-32-46)39-23-21-38(22-24-39)37-12-5-2-6-13-37/h2-34H,35H2,1H3. The van der Waals surface area contributed by atoms with Gasteiger partial charge in [-0.1, -0.05) is 146 Å². The van der Waals surface area contributed by atoms with Crippen LogP contribution < -0.4 is 9.80 Å². The fourth-order valence-electron chi connectivity index (χ4n) is 6.79. The molecule has 0 N–H and O–H groups in total. The summed E-state index contributed by atoms with van der Waals surface area (Å²) >= 11 is 0. The Morgan fingerprint density at radius 2 is 0.820 bits per heavy atom. The molecule has 0 aliphatic rings. The number of hydrogen-bond acceptors (Lipinski definition) is 2. The van der Waals surface area contributed by atoms with Gasteiger partial charge in [-0.25, -0.2) is 0 Å². The maximum absolute atomic E-state index is 2.40. The van der Waals surface area contributed by atoms with Crippen LogP contribution in [0, 0.1) is 0 Å². The van der Waals surface area contributed by atoms with Crippen molar-refractivity contribution in [3.05, 3.63) is 206 Å². The Kier molecular flexibility index (Phi) is 8.66. The van der Waals surface area contributed by atoms with Gasteiger partial charge in [-0.15, -0.1) is 0 Å². The molecule has 2 nitrogen and oxygen atoms in total. The molecular formula is C48H38N2. The van der Waals surface area contributed by atoms with Gasteiger partial charge in [-0.05, 0) is 104 Å². The van der Waals surface area contributed by atoms with Crippen LogP contribution in [-0.4, -0.2) is 7.05 Å². The van der Waals surface area contributed by atoms with Crippen molar-refractivity contribution in [3.63, 3.8) is 0 Å². The predicted octanol–water partition coefficient (Wildman–Crippen LogP) is 12.9. The van der Waals surface area contributed by atoms with Crippen molar-refractivity contribution >= 4 is 33.5 Å². The summed E-state index contributed by atoms with van der Waals surface area (Å²) in [6.07, 6.45) is 0. The predicted molar refractivity (Wildman–Crippen MR) is 213 cm³/mol. The molecule has 0 spiro atoms. The molecule has 2 heteroatoms. The zero-order valence-corrected chi connectivity index (χ0v) is 28.2. The molecule has 0 aliphatic heterocycles. The number of para-hydroxylation sites is 2. The first kappa shape index (κ1) is 30.9. The van der Waals surface area contributed by atoms with Gasteiger partial charge in [0.05, 0.1) is 0 Å². The third-order valence-electron chi connectivity index (χ3n) is 9.57. The monoisotopic (exact) mass is 642 g/mol. The maximum Gasteiger partial charge on any atom is 0.0481 e. The Morgan fingerprint density at radius 3 is 1.44 bits per heavy atom. The highest BCUT2D eigenvalue weighted by Crippen LogP contribution is 2.34. The number of anilines is 4. The van der Waals surface area contributed by atoms with Crippen LogP contribution in [-0.2, 0) is 6.54 Å². The molecule has 0 bridgehead atoms. The number of nitrogens with zero attached hydrogens (tertiary/aromatic N) is 2. The van der Waals surface area contributed by atoms with E-state index in [1.54, 1.807) is 0 Å². The van der Waals surface area contributed by atoms with E-state index in [-0.39, 0.29) is 0 Å². The topological polar surface area (TPSA) is 6.48 Å². The Bertz CT molecular complexity index is 2310. The van der Waals surface area contributed by atoms with Crippen LogP contribution in [0.1, 0.15) is 5.56 Å². The molecule has 0 radical (unpaired) electrons. The summed E-state index contributed by atoms with van der Waals surface area (Å²) in [6.45, 7) is 0.760. The van der Waals surface area contributed by atoms with E-state index in [1.807, 2.05) is 0 Å². The second-order valence-corrected chi connectivity index (χ2v) is 12.7. The molecule has 0 heterocycles. The van der Waals surface area contributed by atoms with Gasteiger partial charge in [-0.2, -0.15) is 0 Å². The van der Waals surface area contributed by atoms with E-state index in [0.29, 0.717) is 0 Å². The van der Waals surface area contributed by atoms with E-state index < -0.39 is 0 Å². The highest BCUT2D eigenvalue weighted by atomic mass is 15.1. The van der Waals surface area contributed by atoms with Gasteiger partial charge < -0.3 is 9.80 Å². The van der Waals surface area contributed by atoms with Crippen LogP contribution in [0.2, 0.25) is 0 Å². The molecule has 0 aromatic heterocycles. The van der Waals surface area contributed by atoms with Crippen molar-refractivity contribution in [1.29, 1.82) is 0 Å². The highest BCUT2D eigenvalue weighted by Gasteiger charge is 2.13. The van der Waals surface area contributed by atoms with Gasteiger partial charge in [-0.3, -0.25) is 0 Å². The van der Waals surface area contributed by atoms with Crippen molar-refractivity contribution < 1.29 is 0 Å². The number of fused-ring (bicyclic) bond motifs is 1. The second-order valence-electron chi connectivity index (χ2n) is 12.7. The number of rotatable bonds is 9. The van der Waals surface area contributed by atoms with Crippen molar-refractivity contribution in [2.75, 3.05) is 16.8 Å². The van der Waals surface area contributed by atoms with Gasteiger partial charge >= 0.3 is 0 Å². The van der Waals surface area contributed by atoms with Crippen LogP contribution >= 0.6 is 0 Å². The zero-order chi connectivity index (χ0) is 33.7. The first-order valence-corrected chi connectivity index (χ1v) is 17.2. The third-order valence-corrected chi connectivity index (χ3v) is 9.57. The van der Waals surface area contributed by atoms with Gasteiger partial charge in [0.25, 0.3) is 0 Å². The van der Waals surface area contributed by atoms with Crippen molar-refractivity contribution in [1.82, 2.24) is 0 Å². The SMILES string of the molecule is CN(c1ccccc1)c1ccc(-c2cccc3cc(CN(c4ccccc4)c4ccc(-c5ccc(-c6ccccc6)cc5)cc4)ccc23)cc1. The lowest BCUT2D eigenvalue weighted by Gasteiger charge is -2.26. The molecule has 8 rings (SSSR count). The van der Waals surface area contributed by atoms with E-state index in [2.05, 4.69) is 217 Å². The molecule has 0 aliphatic carbocycles. The van der Waals surface area contributed by atoms with Crippen LogP contribution in [0.4, 0.5) is 22.7 Å². The molecule has 0 saturated carbocycles. The smallest absolute Gasteiger partial charge is 0.0481 e. The Balaban J connectivity index is 1.05. The van der Waals surface area contributed by atoms with E-state index in [1.165, 1.54) is 61.1 Å². The molecule has 240 valence electrons. The summed E-state index contributed by atoms with van der Waals surface area (Å²) in [4.78, 5) is 4.61. The largest absolute Gasteiger partial charge is 0.345 e. The minimum atomic E-state index is 0.760. The Labute approximate surface area is 295 Å². The average molecular weight is 643 g/mol. The van der Waals surface area contributed by atoms with Crippen LogP contribution in [0.5, 0.6) is 0 Å². The molecule has 8 aromatic rings. The molecule has 0 unspecified atom stereocenters. The number of benzene rings is 8. The van der Waals surface area contributed by atoms with Gasteiger partial charge in [0.1, 0.15) is 0 Å². The van der Waals surface area contributed by atoms with Crippen molar-refractivity contribution in [2.24, 2.45) is 0 Å². The molecule has 50 heavy (non-hydrogen) atoms. The lowest BCUT2D eigenvalue weighted by atomic mass is 9.96. The summed E-state index contributed by atoms with van der Waals surface area (Å²) in [7, 11) is 2.11. The summed E-state index contributed by atoms with van der Waals surface area (Å²) in [5, 5.41) is 2.50. The minimum absolute atomic E-state index is 0.760. The summed E-state index contributed by atoms with van der Waals surface area (Å²) in [5.41, 5.74) is 13.3. The molecule has 0 amide bonds. The van der Waals surface area contributed by atoms with Crippen molar-refractivity contribution in [3.8, 4) is 33.4 Å². The van der Waals surface area contributed by atoms with E-state index >= 15 is 0 Å². The summed E-state index contributed by atoms with van der Waals surface area (Å²) < 4.78 is 0. The molecular weight excluding hydrogens is 605 g/mol. The Hall–Kier alpha value is -6.38. The van der Waals surface area contributed by atoms with Gasteiger partial charge in [0.2, 0.25) is 0 Å². The maximum atomic E-state index is 2.40. The van der Waals surface area contributed by atoms with Gasteiger partial charge in [0.15, 0.2) is 0 Å². The van der Waals surface area contributed by atoms with E-state index in [0.717, 1.165) is 17.9 Å². The number of hydrogen-bond donors (Lipinski definition) is 0. The Morgan fingerprint density at radius 1 is 0.360 bits per heavy atom. The summed E-state index contributed by atoms with van der Waals surface area (Å²) in [5.74, 6) is 0. The van der Waals surface area contributed by atoms with E-state index in [9.17, 15) is 0 Å². The van der Waals surface area contributed by atoms with Crippen molar-refractivity contribution in [2.45, 2.75) is 6.54 Å². The molecule has 0 saturated heterocycles. The summed E-state index contributed by atoms with van der Waals surface area (Å²) in [6, 6.07) is 71.9. The second kappa shape index (κ2) is 14.0. The fraction of sp³-hybridized carbons (Fsp3) is 0.0417. The first-order valence-electron chi connectivity index (χ1n) is 17.2. The van der Waals surface area contributed by atoms with Crippen LogP contribution in [0.3, 0.4) is 0 Å². The lowest BCUT2D eigenvalue weighted by Crippen LogP contribution is -2.16. The lowest BCUT2D eigenvalue weighted by molar-refractivity contribution is 0.978. The van der Waals surface area contributed by atoms with Crippen LogP contribution in [0.25, 0.3) is 44.2 Å².